The van der Waals surface area contributed by atoms with Gasteiger partial charge in [-0.2, -0.15) is 5.26 Å². The Labute approximate surface area is 105 Å². The van der Waals surface area contributed by atoms with Crippen molar-refractivity contribution in [2.45, 2.75) is 20.0 Å². The first kappa shape index (κ1) is 13.7. The first-order valence-electron chi connectivity index (χ1n) is 5.33. The van der Waals surface area contributed by atoms with Crippen LogP contribution in [0.4, 0.5) is 0 Å². The molecule has 0 radical (unpaired) electrons. The molecule has 0 aliphatic carbocycles. The van der Waals surface area contributed by atoms with E-state index in [1.165, 1.54) is 13.8 Å². The minimum atomic E-state index is -0.654. The molecule has 1 atom stereocenters. The van der Waals surface area contributed by atoms with Crippen LogP contribution >= 0.6 is 0 Å². The molecule has 0 unspecified atom stereocenters. The van der Waals surface area contributed by atoms with Gasteiger partial charge in [0.15, 0.2) is 6.10 Å². The fourth-order valence-corrected chi connectivity index (χ4v) is 1.36. The van der Waals surface area contributed by atoms with Crippen LogP contribution in [0.15, 0.2) is 24.3 Å². The van der Waals surface area contributed by atoms with Crippen LogP contribution in [-0.4, -0.2) is 18.5 Å². The molecular formula is C13H13NO4. The normalized spacial score (nSPS) is 11.2. The number of hydrogen-bond acceptors (Lipinski definition) is 5. The number of rotatable bonds is 4. The number of carbonyl (C=O) groups excluding carboxylic acids is 2. The number of ether oxygens (including phenoxy) is 2. The lowest BCUT2D eigenvalue weighted by molar-refractivity contribution is -0.156. The Kier molecular flexibility index (Phi) is 4.88. The van der Waals surface area contributed by atoms with Crippen molar-refractivity contribution < 1.29 is 19.1 Å². The number of esters is 2. The molecule has 94 valence electrons. The molecule has 5 heteroatoms. The zero-order valence-electron chi connectivity index (χ0n) is 10.2. The van der Waals surface area contributed by atoms with Gasteiger partial charge in [-0.25, -0.2) is 0 Å². The lowest BCUT2D eigenvalue weighted by Gasteiger charge is -2.17. The van der Waals surface area contributed by atoms with Gasteiger partial charge in [-0.3, -0.25) is 9.59 Å². The molecule has 0 N–H and O–H groups in total. The second kappa shape index (κ2) is 6.40. The first-order chi connectivity index (χ1) is 8.52. The highest BCUT2D eigenvalue weighted by Gasteiger charge is 2.16. The van der Waals surface area contributed by atoms with Crippen molar-refractivity contribution in [3.05, 3.63) is 35.4 Å². The van der Waals surface area contributed by atoms with Crippen molar-refractivity contribution in [3.63, 3.8) is 0 Å². The second-order valence-corrected chi connectivity index (χ2v) is 3.63. The van der Waals surface area contributed by atoms with Gasteiger partial charge in [0, 0.05) is 13.8 Å². The second-order valence-electron chi connectivity index (χ2n) is 3.63. The van der Waals surface area contributed by atoms with E-state index < -0.39 is 18.0 Å². The number of nitriles is 1. The Hall–Kier alpha value is -2.35. The van der Waals surface area contributed by atoms with E-state index in [0.29, 0.717) is 11.1 Å². The van der Waals surface area contributed by atoms with Gasteiger partial charge in [0.2, 0.25) is 0 Å². The van der Waals surface area contributed by atoms with Crippen LogP contribution in [0, 0.1) is 11.3 Å². The molecular weight excluding hydrogens is 234 g/mol. The topological polar surface area (TPSA) is 76.4 Å². The third kappa shape index (κ3) is 4.26. The minimum Gasteiger partial charge on any atom is -0.462 e. The molecule has 0 bridgehead atoms. The van der Waals surface area contributed by atoms with E-state index in [4.69, 9.17) is 14.7 Å². The van der Waals surface area contributed by atoms with Gasteiger partial charge in [-0.05, 0) is 17.7 Å². The van der Waals surface area contributed by atoms with Crippen LogP contribution in [0.5, 0.6) is 0 Å². The van der Waals surface area contributed by atoms with Gasteiger partial charge < -0.3 is 9.47 Å². The summed E-state index contributed by atoms with van der Waals surface area (Å²) in [6.45, 7) is 2.52. The fraction of sp³-hybridized carbons (Fsp3) is 0.308. The Morgan fingerprint density at radius 1 is 1.22 bits per heavy atom. The monoisotopic (exact) mass is 247 g/mol. The van der Waals surface area contributed by atoms with Crippen LogP contribution in [0.1, 0.15) is 31.1 Å². The number of carbonyl (C=O) groups is 2. The standard InChI is InChI=1S/C13H13NO4/c1-9(15)17-8-13(18-10(2)16)12-5-3-11(7-14)4-6-12/h3-6,13H,8H2,1-2H3/t13-/m0/s1. The van der Waals surface area contributed by atoms with Crippen LogP contribution < -0.4 is 0 Å². The Bertz CT molecular complexity index is 473. The van der Waals surface area contributed by atoms with E-state index in [2.05, 4.69) is 0 Å². The molecule has 0 aliphatic rings. The summed E-state index contributed by atoms with van der Waals surface area (Å²) >= 11 is 0. The SMILES string of the molecule is CC(=O)OC[C@H](OC(C)=O)c1ccc(C#N)cc1. The summed E-state index contributed by atoms with van der Waals surface area (Å²) in [6.07, 6.45) is -0.654. The molecule has 1 aromatic carbocycles. The Balaban J connectivity index is 2.83. The number of nitrogens with zero attached hydrogens (tertiary/aromatic N) is 1. The van der Waals surface area contributed by atoms with Gasteiger partial charge in [0.1, 0.15) is 6.61 Å². The van der Waals surface area contributed by atoms with Crippen LogP contribution in [-0.2, 0) is 19.1 Å². The maximum Gasteiger partial charge on any atom is 0.303 e. The average molecular weight is 247 g/mol. The fourth-order valence-electron chi connectivity index (χ4n) is 1.36. The highest BCUT2D eigenvalue weighted by molar-refractivity contribution is 5.67. The van der Waals surface area contributed by atoms with E-state index >= 15 is 0 Å². The Morgan fingerprint density at radius 2 is 1.83 bits per heavy atom. The van der Waals surface area contributed by atoms with Crippen LogP contribution in [0.2, 0.25) is 0 Å². The van der Waals surface area contributed by atoms with Crippen molar-refractivity contribution in [1.82, 2.24) is 0 Å². The van der Waals surface area contributed by atoms with E-state index in [0.717, 1.165) is 0 Å². The maximum atomic E-state index is 11.0. The summed E-state index contributed by atoms with van der Waals surface area (Å²) in [4.78, 5) is 21.7. The molecule has 5 nitrogen and oxygen atoms in total. The highest BCUT2D eigenvalue weighted by Crippen LogP contribution is 2.18. The summed E-state index contributed by atoms with van der Waals surface area (Å²) in [7, 11) is 0. The highest BCUT2D eigenvalue weighted by atomic mass is 16.6. The summed E-state index contributed by atoms with van der Waals surface area (Å²) in [6, 6.07) is 8.54. The molecule has 0 heterocycles. The van der Waals surface area contributed by atoms with E-state index in [1.54, 1.807) is 24.3 Å². The van der Waals surface area contributed by atoms with Crippen molar-refractivity contribution >= 4 is 11.9 Å². The van der Waals surface area contributed by atoms with Crippen molar-refractivity contribution in [1.29, 1.82) is 5.26 Å². The van der Waals surface area contributed by atoms with Gasteiger partial charge in [-0.15, -0.1) is 0 Å². The van der Waals surface area contributed by atoms with Crippen LogP contribution in [0.25, 0.3) is 0 Å². The average Bonchev–Trinajstić information content (AvgIpc) is 2.34. The summed E-state index contributed by atoms with van der Waals surface area (Å²) in [5, 5.41) is 8.68. The van der Waals surface area contributed by atoms with Gasteiger partial charge in [0.05, 0.1) is 11.6 Å². The molecule has 0 saturated heterocycles. The molecule has 0 saturated carbocycles. The van der Waals surface area contributed by atoms with Gasteiger partial charge in [0.25, 0.3) is 0 Å². The molecule has 0 amide bonds. The number of hydrogen-bond donors (Lipinski definition) is 0. The van der Waals surface area contributed by atoms with E-state index in [1.807, 2.05) is 6.07 Å². The smallest absolute Gasteiger partial charge is 0.303 e. The van der Waals surface area contributed by atoms with Crippen molar-refractivity contribution in [2.75, 3.05) is 6.61 Å². The molecule has 0 aromatic heterocycles. The first-order valence-corrected chi connectivity index (χ1v) is 5.33. The molecule has 0 spiro atoms. The third-order valence-electron chi connectivity index (χ3n) is 2.16. The molecule has 1 aromatic rings. The van der Waals surface area contributed by atoms with Gasteiger partial charge >= 0.3 is 11.9 Å². The predicted octanol–water partition coefficient (Wildman–Crippen LogP) is 1.73. The zero-order chi connectivity index (χ0) is 13.5. The summed E-state index contributed by atoms with van der Waals surface area (Å²) in [5.41, 5.74) is 1.18. The van der Waals surface area contributed by atoms with E-state index in [-0.39, 0.29) is 6.61 Å². The predicted molar refractivity (Wildman–Crippen MR) is 62.3 cm³/mol. The Morgan fingerprint density at radius 3 is 2.28 bits per heavy atom. The summed E-state index contributed by atoms with van der Waals surface area (Å²) in [5.74, 6) is -0.905. The largest absolute Gasteiger partial charge is 0.462 e. The lowest BCUT2D eigenvalue weighted by atomic mass is 10.1. The maximum absolute atomic E-state index is 11.0. The molecule has 0 fully saturated rings. The molecule has 18 heavy (non-hydrogen) atoms. The van der Waals surface area contributed by atoms with Crippen molar-refractivity contribution in [3.8, 4) is 6.07 Å². The van der Waals surface area contributed by atoms with Gasteiger partial charge in [-0.1, -0.05) is 12.1 Å². The lowest BCUT2D eigenvalue weighted by Crippen LogP contribution is -2.16. The minimum absolute atomic E-state index is 0.0409. The number of benzene rings is 1. The molecule has 0 aliphatic heterocycles. The quantitative estimate of drug-likeness (QED) is 0.757. The van der Waals surface area contributed by atoms with E-state index in [9.17, 15) is 9.59 Å². The zero-order valence-corrected chi connectivity index (χ0v) is 10.2. The molecule has 1 rings (SSSR count). The van der Waals surface area contributed by atoms with Crippen LogP contribution in [0.3, 0.4) is 0 Å². The van der Waals surface area contributed by atoms with Crippen molar-refractivity contribution in [2.24, 2.45) is 0 Å². The third-order valence-corrected chi connectivity index (χ3v) is 2.16. The summed E-state index contributed by atoms with van der Waals surface area (Å²) < 4.78 is 9.90.